The molecule has 0 radical (unpaired) electrons. The molecule has 1 heterocycles. The first kappa shape index (κ1) is 13.3. The number of hydrogen-bond acceptors (Lipinski definition) is 3. The fraction of sp³-hybridized carbons (Fsp3) is 0. The van der Waals surface area contributed by atoms with E-state index in [9.17, 15) is 0 Å². The normalized spacial score (nSPS) is 12.0. The van der Waals surface area contributed by atoms with Crippen LogP contribution in [0.2, 0.25) is 0 Å². The van der Waals surface area contributed by atoms with Crippen LogP contribution in [0.1, 0.15) is 0 Å². The van der Waals surface area contributed by atoms with E-state index in [2.05, 4.69) is 10.0 Å². The maximum atomic E-state index is 3.30. The number of benzene rings is 2. The van der Waals surface area contributed by atoms with Crippen LogP contribution >= 0.6 is 11.9 Å². The van der Waals surface area contributed by atoms with Crippen LogP contribution in [-0.4, -0.2) is 0 Å². The molecule has 1 aliphatic rings. The second-order valence-electron chi connectivity index (χ2n) is 3.78. The lowest BCUT2D eigenvalue weighted by Gasteiger charge is -2.04. The molecule has 2 aromatic carbocycles. The van der Waals surface area contributed by atoms with Crippen LogP contribution in [0.5, 0.6) is 0 Å². The summed E-state index contributed by atoms with van der Waals surface area (Å²) in [5, 5.41) is 5.29. The first-order valence-electron chi connectivity index (χ1n) is 6.05. The molecule has 3 heteroatoms. The van der Waals surface area contributed by atoms with Crippen LogP contribution in [0.25, 0.3) is 0 Å². The Morgan fingerprint density at radius 3 is 1.63 bits per heavy atom. The fourth-order valence-corrected chi connectivity index (χ4v) is 1.87. The van der Waals surface area contributed by atoms with Gasteiger partial charge in [-0.25, -0.2) is 0 Å². The van der Waals surface area contributed by atoms with Gasteiger partial charge in [0.05, 0.1) is 0 Å². The zero-order chi connectivity index (χ0) is 13.2. The zero-order valence-electron chi connectivity index (χ0n) is 10.5. The summed E-state index contributed by atoms with van der Waals surface area (Å²) in [6.07, 6.45) is 5.84. The lowest BCUT2D eigenvalue weighted by atomic mass is 10.3. The number of rotatable bonds is 2. The van der Waals surface area contributed by atoms with E-state index in [-0.39, 0.29) is 0 Å². The molecule has 0 unspecified atom stereocenters. The molecule has 1 aliphatic heterocycles. The van der Waals surface area contributed by atoms with E-state index in [1.165, 1.54) is 0 Å². The molecule has 3 rings (SSSR count). The first-order chi connectivity index (χ1) is 9.45. The van der Waals surface area contributed by atoms with Gasteiger partial charge in [-0.05, 0) is 47.7 Å². The number of allylic oxidation sites excluding steroid dienone is 2. The Kier molecular flexibility index (Phi) is 5.64. The van der Waals surface area contributed by atoms with E-state index in [1.54, 1.807) is 11.9 Å². The fourth-order valence-electron chi connectivity index (χ4n) is 1.47. The summed E-state index contributed by atoms with van der Waals surface area (Å²) in [5.41, 5.74) is 2.24. The molecule has 2 N–H and O–H groups in total. The van der Waals surface area contributed by atoms with Gasteiger partial charge in [0, 0.05) is 17.6 Å². The van der Waals surface area contributed by atoms with Crippen LogP contribution in [0.3, 0.4) is 0 Å². The Bertz CT molecular complexity index is 471. The molecule has 2 aromatic rings. The lowest BCUT2D eigenvalue weighted by Crippen LogP contribution is -1.88. The summed E-state index contributed by atoms with van der Waals surface area (Å²) in [7, 11) is 0. The highest BCUT2D eigenvalue weighted by atomic mass is 32.2. The quantitative estimate of drug-likeness (QED) is 0.772. The molecule has 0 saturated carbocycles. The Balaban J connectivity index is 0.000000186. The number of anilines is 2. The Labute approximate surface area is 118 Å². The van der Waals surface area contributed by atoms with Crippen LogP contribution < -0.4 is 10.0 Å². The summed E-state index contributed by atoms with van der Waals surface area (Å²) in [6.45, 7) is 0. The van der Waals surface area contributed by atoms with E-state index in [4.69, 9.17) is 0 Å². The van der Waals surface area contributed by atoms with Crippen molar-refractivity contribution in [3.63, 3.8) is 0 Å². The lowest BCUT2D eigenvalue weighted by molar-refractivity contribution is 1.42. The van der Waals surface area contributed by atoms with Gasteiger partial charge in [-0.3, -0.25) is 0 Å². The molecule has 19 heavy (non-hydrogen) atoms. The molecule has 0 amide bonds. The Hall–Kier alpha value is -2.13. The number of nitrogens with one attached hydrogen (secondary N) is 2. The van der Waals surface area contributed by atoms with Crippen molar-refractivity contribution in [2.75, 3.05) is 5.32 Å². The number of para-hydroxylation sites is 2. The SMILES string of the molecule is C1=CNSC=C1.c1ccc(Nc2ccccc2)cc1. The average Bonchev–Trinajstić information content (AvgIpc) is 2.52. The van der Waals surface area contributed by atoms with Crippen molar-refractivity contribution in [1.82, 2.24) is 4.72 Å². The summed E-state index contributed by atoms with van der Waals surface area (Å²) < 4.78 is 2.93. The van der Waals surface area contributed by atoms with E-state index < -0.39 is 0 Å². The highest BCUT2D eigenvalue weighted by molar-refractivity contribution is 8.00. The van der Waals surface area contributed by atoms with Crippen LogP contribution in [-0.2, 0) is 0 Å². The smallest absolute Gasteiger partial charge is 0.0384 e. The molecule has 0 aromatic heterocycles. The molecule has 0 aliphatic carbocycles. The largest absolute Gasteiger partial charge is 0.356 e. The summed E-state index contributed by atoms with van der Waals surface area (Å²) in [5.74, 6) is 0. The third-order valence-electron chi connectivity index (χ3n) is 2.33. The molecule has 0 bridgehead atoms. The third-order valence-corrected chi connectivity index (χ3v) is 2.89. The molecule has 0 saturated heterocycles. The minimum Gasteiger partial charge on any atom is -0.356 e. The van der Waals surface area contributed by atoms with E-state index in [0.717, 1.165) is 11.4 Å². The van der Waals surface area contributed by atoms with Crippen molar-refractivity contribution < 1.29 is 0 Å². The summed E-state index contributed by atoms with van der Waals surface area (Å²) in [4.78, 5) is 0. The van der Waals surface area contributed by atoms with E-state index >= 15 is 0 Å². The van der Waals surface area contributed by atoms with Gasteiger partial charge in [0.15, 0.2) is 0 Å². The molecule has 96 valence electrons. The van der Waals surface area contributed by atoms with E-state index in [1.807, 2.05) is 84.4 Å². The molecule has 0 atom stereocenters. The van der Waals surface area contributed by atoms with Crippen LogP contribution in [0, 0.1) is 0 Å². The van der Waals surface area contributed by atoms with Gasteiger partial charge in [-0.1, -0.05) is 42.5 Å². The maximum absolute atomic E-state index is 3.30. The van der Waals surface area contributed by atoms with Crippen LogP contribution in [0.15, 0.2) is 84.4 Å². The standard InChI is InChI=1S/C12H11N.C4H5NS/c1-3-7-11(8-4-1)13-12-9-5-2-6-10-12;1-2-4-6-5-3-1/h1-10,13H;1-5H. The minimum absolute atomic E-state index is 1.12. The van der Waals surface area contributed by atoms with Gasteiger partial charge in [0.1, 0.15) is 0 Å². The van der Waals surface area contributed by atoms with Gasteiger partial charge >= 0.3 is 0 Å². The minimum atomic E-state index is 1.12. The van der Waals surface area contributed by atoms with Crippen molar-refractivity contribution >= 4 is 23.3 Å². The third kappa shape index (κ3) is 5.36. The predicted molar refractivity (Wildman–Crippen MR) is 85.2 cm³/mol. The molecule has 2 nitrogen and oxygen atoms in total. The maximum Gasteiger partial charge on any atom is 0.0384 e. The van der Waals surface area contributed by atoms with Crippen LogP contribution in [0.4, 0.5) is 11.4 Å². The predicted octanol–water partition coefficient (Wildman–Crippen LogP) is 4.70. The topological polar surface area (TPSA) is 24.1 Å². The van der Waals surface area contributed by atoms with Crippen molar-refractivity contribution in [2.45, 2.75) is 0 Å². The van der Waals surface area contributed by atoms with Gasteiger partial charge < -0.3 is 10.0 Å². The highest BCUT2D eigenvalue weighted by Crippen LogP contribution is 2.14. The second-order valence-corrected chi connectivity index (χ2v) is 4.52. The first-order valence-corrected chi connectivity index (χ1v) is 6.93. The molecular formula is C16H16N2S. The zero-order valence-corrected chi connectivity index (χ0v) is 11.3. The van der Waals surface area contributed by atoms with Crippen molar-refractivity contribution in [3.05, 3.63) is 84.4 Å². The molecule has 0 spiro atoms. The van der Waals surface area contributed by atoms with Crippen molar-refractivity contribution in [2.24, 2.45) is 0 Å². The van der Waals surface area contributed by atoms with Gasteiger partial charge in [-0.15, -0.1) is 0 Å². The monoisotopic (exact) mass is 268 g/mol. The molecular weight excluding hydrogens is 252 g/mol. The summed E-state index contributed by atoms with van der Waals surface area (Å²) >= 11 is 1.58. The molecule has 0 fully saturated rings. The van der Waals surface area contributed by atoms with E-state index in [0.29, 0.717) is 0 Å². The average molecular weight is 268 g/mol. The second kappa shape index (κ2) is 8.06. The van der Waals surface area contributed by atoms with Gasteiger partial charge in [-0.2, -0.15) is 0 Å². The van der Waals surface area contributed by atoms with Crippen molar-refractivity contribution in [1.29, 1.82) is 0 Å². The highest BCUT2D eigenvalue weighted by Gasteiger charge is 1.89. The Morgan fingerprint density at radius 1 is 0.737 bits per heavy atom. The van der Waals surface area contributed by atoms with Crippen molar-refractivity contribution in [3.8, 4) is 0 Å². The summed E-state index contributed by atoms with van der Waals surface area (Å²) in [6, 6.07) is 20.3. The van der Waals surface area contributed by atoms with Gasteiger partial charge in [0.2, 0.25) is 0 Å². The number of hydrogen-bond donors (Lipinski definition) is 2. The van der Waals surface area contributed by atoms with Gasteiger partial charge in [0.25, 0.3) is 0 Å². The Morgan fingerprint density at radius 2 is 1.32 bits per heavy atom.